The van der Waals surface area contributed by atoms with Crippen LogP contribution in [0.25, 0.3) is 0 Å². The van der Waals surface area contributed by atoms with Crippen LogP contribution in [0.3, 0.4) is 0 Å². The van der Waals surface area contributed by atoms with Crippen LogP contribution in [0.5, 0.6) is 0 Å². The minimum absolute atomic E-state index is 0.180. The third-order valence-electron chi connectivity index (χ3n) is 9.30. The average Bonchev–Trinajstić information content (AvgIpc) is 3.60. The van der Waals surface area contributed by atoms with E-state index in [1.165, 1.54) is 51.4 Å². The Labute approximate surface area is 268 Å². The topological polar surface area (TPSA) is 116 Å². The highest BCUT2D eigenvalue weighted by molar-refractivity contribution is 5.90. The molecule has 0 saturated carbocycles. The number of aliphatic hydroxyl groups is 4. The second kappa shape index (κ2) is 24.0. The second-order valence-corrected chi connectivity index (χ2v) is 13.5. The molecule has 1 saturated heterocycles. The van der Waals surface area contributed by atoms with Crippen LogP contribution in [0.2, 0.25) is 0 Å². The summed E-state index contributed by atoms with van der Waals surface area (Å²) in [6.45, 7) is 4.08. The molecule has 0 spiro atoms. The van der Waals surface area contributed by atoms with E-state index in [2.05, 4.69) is 19.1 Å². The van der Waals surface area contributed by atoms with Crippen molar-refractivity contribution in [3.8, 4) is 0 Å². The molecule has 0 amide bonds. The van der Waals surface area contributed by atoms with Crippen LogP contribution in [0, 0.1) is 0 Å². The third kappa shape index (κ3) is 17.4. The van der Waals surface area contributed by atoms with E-state index in [0.717, 1.165) is 64.2 Å². The van der Waals surface area contributed by atoms with Crippen molar-refractivity contribution in [3.05, 3.63) is 23.8 Å². The van der Waals surface area contributed by atoms with Gasteiger partial charge in [0.15, 0.2) is 0 Å². The van der Waals surface area contributed by atoms with Crippen LogP contribution in [0.15, 0.2) is 23.8 Å². The number of carbonyl (C=O) groups excluding carboxylic acids is 1. The van der Waals surface area contributed by atoms with Crippen molar-refractivity contribution in [3.63, 3.8) is 0 Å². The number of cyclic esters (lactones) is 1. The zero-order valence-corrected chi connectivity index (χ0v) is 28.1. The molecule has 0 radical (unpaired) electrons. The molecular weight excluding hydrogens is 556 g/mol. The summed E-state index contributed by atoms with van der Waals surface area (Å²) in [4.78, 5) is 11.7. The van der Waals surface area contributed by atoms with Crippen molar-refractivity contribution in [1.29, 1.82) is 0 Å². The third-order valence-corrected chi connectivity index (χ3v) is 9.30. The van der Waals surface area contributed by atoms with Crippen molar-refractivity contribution < 1.29 is 34.7 Å². The number of unbranched alkanes of at least 4 members (excludes halogenated alkanes) is 12. The maximum atomic E-state index is 11.7. The van der Waals surface area contributed by atoms with Gasteiger partial charge >= 0.3 is 5.97 Å². The maximum absolute atomic E-state index is 11.7. The maximum Gasteiger partial charge on any atom is 0.334 e. The monoisotopic (exact) mass is 622 g/mol. The summed E-state index contributed by atoms with van der Waals surface area (Å²) < 4.78 is 11.2. The summed E-state index contributed by atoms with van der Waals surface area (Å²) in [5, 5.41) is 41.6. The molecule has 7 heteroatoms. The van der Waals surface area contributed by atoms with Crippen molar-refractivity contribution in [2.45, 2.75) is 204 Å². The number of allylic oxidation sites excluding steroid dienone is 2. The highest BCUT2D eigenvalue weighted by atomic mass is 16.5. The predicted octanol–water partition coefficient (Wildman–Crippen LogP) is 7.62. The van der Waals surface area contributed by atoms with E-state index in [0.29, 0.717) is 37.7 Å². The summed E-state index contributed by atoms with van der Waals surface area (Å²) >= 11 is 0. The zero-order chi connectivity index (χ0) is 32.0. The number of ether oxygens (including phenoxy) is 2. The Balaban J connectivity index is 1.42. The molecule has 7 nitrogen and oxygen atoms in total. The molecule has 1 fully saturated rings. The van der Waals surface area contributed by atoms with Crippen LogP contribution >= 0.6 is 0 Å². The van der Waals surface area contributed by atoms with Crippen LogP contribution in [-0.2, 0) is 14.3 Å². The molecular formula is C37H66O7. The van der Waals surface area contributed by atoms with Crippen molar-refractivity contribution in [1.82, 2.24) is 0 Å². The van der Waals surface area contributed by atoms with Gasteiger partial charge in [-0.2, -0.15) is 0 Å². The van der Waals surface area contributed by atoms with Crippen LogP contribution in [-0.4, -0.2) is 69.1 Å². The Bertz CT molecular complexity index is 797. The SMILES string of the molecule is CCCCCCCCCC/C=C/CC[C@H](O)[C@H](O)CC[C@H](O)[C@@H]1CC[C@@H](CCCCCCC[C@@H](O)CC2=C[C@@H](C)OC2=O)O1. The number of rotatable bonds is 27. The summed E-state index contributed by atoms with van der Waals surface area (Å²) in [5.41, 5.74) is 0.599. The fourth-order valence-electron chi connectivity index (χ4n) is 6.46. The van der Waals surface area contributed by atoms with Crippen LogP contribution in [0.1, 0.15) is 162 Å². The van der Waals surface area contributed by atoms with Gasteiger partial charge in [0.1, 0.15) is 6.10 Å². The number of hydrogen-bond donors (Lipinski definition) is 4. The normalized spacial score (nSPS) is 23.2. The first-order valence-electron chi connectivity index (χ1n) is 18.2. The Kier molecular flexibility index (Phi) is 21.2. The van der Waals surface area contributed by atoms with Crippen molar-refractivity contribution >= 4 is 5.97 Å². The quantitative estimate of drug-likeness (QED) is 0.0423. The van der Waals surface area contributed by atoms with E-state index in [9.17, 15) is 25.2 Å². The molecule has 0 aromatic carbocycles. The van der Waals surface area contributed by atoms with E-state index in [1.54, 1.807) is 6.08 Å². The molecule has 256 valence electrons. The number of hydrogen-bond acceptors (Lipinski definition) is 7. The smallest absolute Gasteiger partial charge is 0.334 e. The van der Waals surface area contributed by atoms with Crippen molar-refractivity contribution in [2.24, 2.45) is 0 Å². The molecule has 44 heavy (non-hydrogen) atoms. The fourth-order valence-corrected chi connectivity index (χ4v) is 6.46. The predicted molar refractivity (Wildman–Crippen MR) is 177 cm³/mol. The lowest BCUT2D eigenvalue weighted by atomic mass is 9.98. The van der Waals surface area contributed by atoms with Gasteiger partial charge in [-0.25, -0.2) is 4.79 Å². The summed E-state index contributed by atoms with van der Waals surface area (Å²) in [6, 6.07) is 0. The fraction of sp³-hybridized carbons (Fsp3) is 0.865. The minimum Gasteiger partial charge on any atom is -0.455 e. The van der Waals surface area contributed by atoms with E-state index in [4.69, 9.17) is 9.47 Å². The molecule has 0 unspecified atom stereocenters. The summed E-state index contributed by atoms with van der Waals surface area (Å²) in [7, 11) is 0. The Morgan fingerprint density at radius 1 is 0.773 bits per heavy atom. The molecule has 0 aliphatic carbocycles. The first-order chi connectivity index (χ1) is 21.3. The number of esters is 1. The molecule has 4 N–H and O–H groups in total. The Morgan fingerprint density at radius 3 is 2.11 bits per heavy atom. The molecule has 2 aliphatic rings. The van der Waals surface area contributed by atoms with E-state index in [1.807, 2.05) is 6.92 Å². The van der Waals surface area contributed by atoms with Crippen LogP contribution in [0.4, 0.5) is 0 Å². The summed E-state index contributed by atoms with van der Waals surface area (Å²) in [5.74, 6) is -0.296. The second-order valence-electron chi connectivity index (χ2n) is 13.5. The van der Waals surface area contributed by atoms with Gasteiger partial charge in [0.25, 0.3) is 0 Å². The van der Waals surface area contributed by atoms with Gasteiger partial charge in [0.05, 0.1) is 36.6 Å². The van der Waals surface area contributed by atoms with Gasteiger partial charge in [0.2, 0.25) is 0 Å². The van der Waals surface area contributed by atoms with E-state index in [-0.39, 0.29) is 24.3 Å². The van der Waals surface area contributed by atoms with Crippen LogP contribution < -0.4 is 0 Å². The molecule has 2 aliphatic heterocycles. The van der Waals surface area contributed by atoms with Gasteiger partial charge in [-0.15, -0.1) is 0 Å². The summed E-state index contributed by atoms with van der Waals surface area (Å²) in [6.07, 6.45) is 26.3. The molecule has 0 aromatic rings. The lowest BCUT2D eigenvalue weighted by molar-refractivity contribution is -0.139. The van der Waals surface area contributed by atoms with Gasteiger partial charge in [-0.3, -0.25) is 0 Å². The lowest BCUT2D eigenvalue weighted by Gasteiger charge is -2.22. The minimum atomic E-state index is -0.816. The molecule has 0 aromatic heterocycles. The first-order valence-corrected chi connectivity index (χ1v) is 18.2. The van der Waals surface area contributed by atoms with Gasteiger partial charge < -0.3 is 29.9 Å². The molecule has 0 bridgehead atoms. The number of carbonyl (C=O) groups is 1. The van der Waals surface area contributed by atoms with Gasteiger partial charge in [0, 0.05) is 12.0 Å². The van der Waals surface area contributed by atoms with Gasteiger partial charge in [-0.1, -0.05) is 96.1 Å². The highest BCUT2D eigenvalue weighted by Gasteiger charge is 2.31. The van der Waals surface area contributed by atoms with Crippen molar-refractivity contribution in [2.75, 3.05) is 0 Å². The largest absolute Gasteiger partial charge is 0.455 e. The highest BCUT2D eigenvalue weighted by Crippen LogP contribution is 2.28. The Hall–Kier alpha value is -1.25. The standard InChI is InChI=1S/C37H66O7/c1-3-4-5-6-7-8-9-10-11-12-16-19-22-33(39)34(40)24-25-35(41)36-26-23-32(44-36)21-18-15-13-14-17-20-31(38)28-30-27-29(2)43-37(30)42/h12,16,27,29,31-36,38-41H,3-11,13-15,17-26,28H2,1-2H3/b16-12+/t29-,31-,32-,33+,34-,35+,36+/m1/s1. The molecule has 2 heterocycles. The van der Waals surface area contributed by atoms with E-state index >= 15 is 0 Å². The lowest BCUT2D eigenvalue weighted by Crippen LogP contribution is -2.31. The first kappa shape index (κ1) is 38.9. The molecule has 2 rings (SSSR count). The number of aliphatic hydroxyl groups excluding tert-OH is 4. The molecule has 7 atom stereocenters. The Morgan fingerprint density at radius 2 is 1.41 bits per heavy atom. The van der Waals surface area contributed by atoms with E-state index < -0.39 is 24.4 Å². The average molecular weight is 623 g/mol. The van der Waals surface area contributed by atoms with Gasteiger partial charge in [-0.05, 0) is 77.2 Å². The zero-order valence-electron chi connectivity index (χ0n) is 28.1.